The molecule has 2 heterocycles. The van der Waals surface area contributed by atoms with Crippen molar-refractivity contribution in [1.29, 1.82) is 0 Å². The van der Waals surface area contributed by atoms with Crippen LogP contribution in [0.4, 0.5) is 11.4 Å². The summed E-state index contributed by atoms with van der Waals surface area (Å²) in [7, 11) is 0. The minimum Gasteiger partial charge on any atom is -0.507 e. The molecule has 1 aliphatic rings. The molecule has 0 aliphatic carbocycles. The van der Waals surface area contributed by atoms with Crippen molar-refractivity contribution >= 4 is 34.8 Å². The Bertz CT molecular complexity index is 1930. The highest BCUT2D eigenvalue weighted by molar-refractivity contribution is 7.07. The topological polar surface area (TPSA) is 124 Å². The van der Waals surface area contributed by atoms with Crippen LogP contribution < -0.4 is 24.4 Å². The minimum atomic E-state index is -0.822. The van der Waals surface area contributed by atoms with Crippen molar-refractivity contribution in [3.63, 3.8) is 0 Å². The zero-order valence-corrected chi connectivity index (χ0v) is 25.6. The fourth-order valence-corrected chi connectivity index (χ4v) is 5.85. The third kappa shape index (κ3) is 6.32. The number of fused-ring (bicyclic) bond motifs is 1. The molecule has 0 spiro atoms. The van der Waals surface area contributed by atoms with Crippen molar-refractivity contribution in [2.24, 2.45) is 15.2 Å². The summed E-state index contributed by atoms with van der Waals surface area (Å²) in [6.07, 6.45) is 1.60. The Kier molecular flexibility index (Phi) is 9.35. The Labute approximate surface area is 257 Å². The van der Waals surface area contributed by atoms with Crippen LogP contribution >= 0.6 is 11.3 Å². The second-order valence-corrected chi connectivity index (χ2v) is 10.7. The number of hydrogen-bond donors (Lipinski definition) is 1. The third-order valence-electron chi connectivity index (χ3n) is 6.74. The summed E-state index contributed by atoms with van der Waals surface area (Å²) in [6.45, 7) is 8.22. The lowest BCUT2D eigenvalue weighted by Crippen LogP contribution is -2.40. The first-order chi connectivity index (χ1) is 21.3. The number of benzene rings is 3. The number of rotatable bonds is 10. The SMILES string of the molecule is CCOC(=O)C1=C(C)N=c2s/c(=C\c3ccc(N=Nc4ccccc4)cc3O)c(=O)n2[C@@H]1c1ccc(OCC)c(OCC)c1. The van der Waals surface area contributed by atoms with Gasteiger partial charge in [-0.15, -0.1) is 0 Å². The Hall–Kier alpha value is -5.03. The van der Waals surface area contributed by atoms with Gasteiger partial charge >= 0.3 is 5.97 Å². The zero-order valence-electron chi connectivity index (χ0n) is 24.8. The number of nitrogens with zero attached hydrogens (tertiary/aromatic N) is 4. The van der Waals surface area contributed by atoms with Crippen molar-refractivity contribution in [3.05, 3.63) is 109 Å². The highest BCUT2D eigenvalue weighted by Gasteiger charge is 2.34. The number of ether oxygens (including phenoxy) is 3. The number of azo groups is 1. The molecule has 0 radical (unpaired) electrons. The molecule has 0 saturated carbocycles. The van der Waals surface area contributed by atoms with Crippen LogP contribution in [0.15, 0.2) is 98.0 Å². The molecule has 0 unspecified atom stereocenters. The van der Waals surface area contributed by atoms with Crippen molar-refractivity contribution in [3.8, 4) is 17.2 Å². The number of aromatic nitrogens is 1. The van der Waals surface area contributed by atoms with E-state index in [1.165, 1.54) is 22.0 Å². The van der Waals surface area contributed by atoms with Gasteiger partial charge in [-0.05, 0) is 75.7 Å². The Morgan fingerprint density at radius 2 is 1.68 bits per heavy atom. The fourth-order valence-electron chi connectivity index (χ4n) is 4.81. The van der Waals surface area contributed by atoms with Crippen LogP contribution in [0.25, 0.3) is 6.08 Å². The molecule has 0 bridgehead atoms. The molecule has 0 amide bonds. The van der Waals surface area contributed by atoms with Gasteiger partial charge in [0.05, 0.1) is 53.0 Å². The van der Waals surface area contributed by atoms with E-state index in [4.69, 9.17) is 14.2 Å². The Morgan fingerprint density at radius 1 is 0.955 bits per heavy atom. The van der Waals surface area contributed by atoms with E-state index in [2.05, 4.69) is 15.2 Å². The van der Waals surface area contributed by atoms with Gasteiger partial charge in [0.2, 0.25) is 0 Å². The lowest BCUT2D eigenvalue weighted by atomic mass is 9.95. The quantitative estimate of drug-likeness (QED) is 0.181. The smallest absolute Gasteiger partial charge is 0.338 e. The monoisotopic (exact) mass is 612 g/mol. The second kappa shape index (κ2) is 13.5. The summed E-state index contributed by atoms with van der Waals surface area (Å²) in [5.74, 6) is 0.443. The van der Waals surface area contributed by atoms with E-state index in [1.807, 2.05) is 50.2 Å². The summed E-state index contributed by atoms with van der Waals surface area (Å²) >= 11 is 1.17. The van der Waals surface area contributed by atoms with Crippen LogP contribution in [0, 0.1) is 0 Å². The zero-order chi connectivity index (χ0) is 31.2. The van der Waals surface area contributed by atoms with E-state index < -0.39 is 12.0 Å². The maximum Gasteiger partial charge on any atom is 0.338 e. The first kappa shape index (κ1) is 30.4. The number of phenolic OH excluding ortho intramolecular Hbond substituents is 1. The van der Waals surface area contributed by atoms with Gasteiger partial charge < -0.3 is 19.3 Å². The normalized spacial score (nSPS) is 14.8. The van der Waals surface area contributed by atoms with Crippen molar-refractivity contribution in [1.82, 2.24) is 4.57 Å². The number of thiazole rings is 1. The van der Waals surface area contributed by atoms with E-state index in [1.54, 1.807) is 44.2 Å². The molecule has 0 fully saturated rings. The molecule has 11 heteroatoms. The van der Waals surface area contributed by atoms with Crippen LogP contribution in [0.3, 0.4) is 0 Å². The van der Waals surface area contributed by atoms with Crippen molar-refractivity contribution < 1.29 is 24.1 Å². The molecule has 1 aromatic heterocycles. The molecule has 1 N–H and O–H groups in total. The number of hydrogen-bond acceptors (Lipinski definition) is 10. The molecule has 4 aromatic rings. The first-order valence-electron chi connectivity index (χ1n) is 14.2. The predicted octanol–water partition coefficient (Wildman–Crippen LogP) is 5.72. The van der Waals surface area contributed by atoms with E-state index in [-0.39, 0.29) is 23.5 Å². The molecule has 0 saturated heterocycles. The molecule has 1 aliphatic heterocycles. The van der Waals surface area contributed by atoms with Gasteiger partial charge in [-0.2, -0.15) is 10.2 Å². The van der Waals surface area contributed by atoms with Crippen LogP contribution in [-0.2, 0) is 9.53 Å². The highest BCUT2D eigenvalue weighted by atomic mass is 32.1. The summed E-state index contributed by atoms with van der Waals surface area (Å²) in [5, 5.41) is 19.2. The van der Waals surface area contributed by atoms with E-state index in [9.17, 15) is 14.7 Å². The molecule has 5 rings (SSSR count). The first-order valence-corrected chi connectivity index (χ1v) is 15.0. The summed E-state index contributed by atoms with van der Waals surface area (Å²) in [4.78, 5) is 32.3. The molecular formula is C33H32N4O6S. The van der Waals surface area contributed by atoms with Crippen molar-refractivity contribution in [2.75, 3.05) is 19.8 Å². The van der Waals surface area contributed by atoms with Gasteiger partial charge in [0.1, 0.15) is 5.75 Å². The number of carbonyl (C=O) groups excluding carboxylic acids is 1. The van der Waals surface area contributed by atoms with E-state index in [0.29, 0.717) is 62.2 Å². The summed E-state index contributed by atoms with van der Waals surface area (Å²) < 4.78 is 18.8. The maximum atomic E-state index is 14.0. The summed E-state index contributed by atoms with van der Waals surface area (Å²) in [5.41, 5.74) is 2.54. The van der Waals surface area contributed by atoms with Crippen LogP contribution in [0.2, 0.25) is 0 Å². The van der Waals surface area contributed by atoms with Gasteiger partial charge in [0.15, 0.2) is 16.3 Å². The average Bonchev–Trinajstić information content (AvgIpc) is 3.32. The van der Waals surface area contributed by atoms with Crippen LogP contribution in [0.5, 0.6) is 17.2 Å². The number of aromatic hydroxyl groups is 1. The van der Waals surface area contributed by atoms with Crippen LogP contribution in [-0.4, -0.2) is 35.5 Å². The molecule has 226 valence electrons. The molecule has 44 heavy (non-hydrogen) atoms. The number of carbonyl (C=O) groups is 1. The Morgan fingerprint density at radius 3 is 2.39 bits per heavy atom. The largest absolute Gasteiger partial charge is 0.507 e. The van der Waals surface area contributed by atoms with Gasteiger partial charge in [-0.3, -0.25) is 9.36 Å². The second-order valence-electron chi connectivity index (χ2n) is 9.65. The number of phenols is 1. The van der Waals surface area contributed by atoms with Gasteiger partial charge in [-0.1, -0.05) is 35.6 Å². The van der Waals surface area contributed by atoms with Crippen molar-refractivity contribution in [2.45, 2.75) is 33.7 Å². The highest BCUT2D eigenvalue weighted by Crippen LogP contribution is 2.36. The molecule has 1 atom stereocenters. The lowest BCUT2D eigenvalue weighted by Gasteiger charge is -2.25. The molecular weight excluding hydrogens is 580 g/mol. The van der Waals surface area contributed by atoms with E-state index in [0.717, 1.165) is 0 Å². The summed E-state index contributed by atoms with van der Waals surface area (Å²) in [6, 6.07) is 18.7. The average molecular weight is 613 g/mol. The Balaban J connectivity index is 1.60. The minimum absolute atomic E-state index is 0.0619. The predicted molar refractivity (Wildman–Crippen MR) is 168 cm³/mol. The molecule has 3 aromatic carbocycles. The standard InChI is InChI=1S/C33H32N4O6S/c1-5-41-26-16-14-22(17-27(26)42-6-2)30-29(32(40)43-7-3)20(4)34-33-37(30)31(39)28(44-33)18-21-13-15-24(19-25(21)38)36-35-23-11-9-8-10-12-23/h8-19,30,38H,5-7H2,1-4H3/b28-18-,36-35?/t30-/m1/s1. The lowest BCUT2D eigenvalue weighted by molar-refractivity contribution is -0.139. The van der Waals surface area contributed by atoms with Gasteiger partial charge in [-0.25, -0.2) is 9.79 Å². The van der Waals surface area contributed by atoms with Crippen LogP contribution in [0.1, 0.15) is 44.9 Å². The number of esters is 1. The molecule has 10 nitrogen and oxygen atoms in total. The third-order valence-corrected chi connectivity index (χ3v) is 7.72. The maximum absolute atomic E-state index is 14.0. The number of allylic oxidation sites excluding steroid dienone is 1. The van der Waals surface area contributed by atoms with Gasteiger partial charge in [0, 0.05) is 11.6 Å². The van der Waals surface area contributed by atoms with E-state index >= 15 is 0 Å². The fraction of sp³-hybridized carbons (Fsp3) is 0.242. The van der Waals surface area contributed by atoms with Gasteiger partial charge in [0.25, 0.3) is 5.56 Å².